The Morgan fingerprint density at radius 3 is 1.97 bits per heavy atom. The molecule has 0 spiro atoms. The van der Waals surface area contributed by atoms with Crippen LogP contribution in [0.1, 0.15) is 17.5 Å². The number of benzene rings is 3. The number of amides is 1. The normalized spacial score (nSPS) is 14.6. The van der Waals surface area contributed by atoms with E-state index in [0.717, 1.165) is 39.1 Å². The third-order valence-electron chi connectivity index (χ3n) is 5.50. The van der Waals surface area contributed by atoms with E-state index in [9.17, 15) is 4.79 Å². The number of carbonyl (C=O) groups is 1. The van der Waals surface area contributed by atoms with Crippen LogP contribution in [0, 0.1) is 0 Å². The van der Waals surface area contributed by atoms with Gasteiger partial charge in [-0.1, -0.05) is 72.4 Å². The van der Waals surface area contributed by atoms with Crippen molar-refractivity contribution in [1.82, 2.24) is 9.80 Å². The maximum absolute atomic E-state index is 12.6. The van der Waals surface area contributed by atoms with Gasteiger partial charge in [0.1, 0.15) is 0 Å². The van der Waals surface area contributed by atoms with Crippen molar-refractivity contribution in [3.05, 3.63) is 96.1 Å². The maximum Gasteiger partial charge on any atom is 0.222 e. The Hall–Kier alpha value is -2.56. The zero-order valence-corrected chi connectivity index (χ0v) is 18.1. The molecule has 3 aromatic rings. The van der Waals surface area contributed by atoms with Crippen LogP contribution in [0.2, 0.25) is 0 Å². The molecule has 1 aliphatic heterocycles. The molecule has 0 N–H and O–H groups in total. The standard InChI is InChI=1S/C26H28N2OS/c29-26(28-19-17-27(18-20-28)21-23-7-3-1-4-8-23)16-13-22-11-14-25(15-12-22)30-24-9-5-2-6-10-24/h1-12,14-15H,13,16-21H2. The second kappa shape index (κ2) is 10.5. The van der Waals surface area contributed by atoms with Gasteiger partial charge in [0.2, 0.25) is 5.91 Å². The number of carbonyl (C=O) groups excluding carboxylic acids is 1. The molecule has 0 atom stereocenters. The van der Waals surface area contributed by atoms with Crippen molar-refractivity contribution < 1.29 is 4.79 Å². The second-order valence-electron chi connectivity index (χ2n) is 7.70. The summed E-state index contributed by atoms with van der Waals surface area (Å²) in [7, 11) is 0. The van der Waals surface area contributed by atoms with Gasteiger partial charge < -0.3 is 4.90 Å². The second-order valence-corrected chi connectivity index (χ2v) is 8.85. The summed E-state index contributed by atoms with van der Waals surface area (Å²) < 4.78 is 0. The average Bonchev–Trinajstić information content (AvgIpc) is 2.80. The van der Waals surface area contributed by atoms with Crippen molar-refractivity contribution in [2.75, 3.05) is 26.2 Å². The molecule has 154 valence electrons. The van der Waals surface area contributed by atoms with Crippen LogP contribution in [0.4, 0.5) is 0 Å². The smallest absolute Gasteiger partial charge is 0.222 e. The number of hydrogen-bond donors (Lipinski definition) is 0. The fraction of sp³-hybridized carbons (Fsp3) is 0.269. The summed E-state index contributed by atoms with van der Waals surface area (Å²) in [4.78, 5) is 19.6. The maximum atomic E-state index is 12.6. The molecule has 0 bridgehead atoms. The van der Waals surface area contributed by atoms with Gasteiger partial charge in [0.05, 0.1) is 0 Å². The lowest BCUT2D eigenvalue weighted by Crippen LogP contribution is -2.48. The molecule has 1 fully saturated rings. The van der Waals surface area contributed by atoms with Crippen molar-refractivity contribution in [2.45, 2.75) is 29.2 Å². The quantitative estimate of drug-likeness (QED) is 0.534. The molecule has 1 aliphatic rings. The van der Waals surface area contributed by atoms with E-state index in [1.54, 1.807) is 11.8 Å². The van der Waals surface area contributed by atoms with Crippen LogP contribution in [-0.2, 0) is 17.8 Å². The van der Waals surface area contributed by atoms with Crippen LogP contribution >= 0.6 is 11.8 Å². The highest BCUT2D eigenvalue weighted by Gasteiger charge is 2.20. The van der Waals surface area contributed by atoms with E-state index in [4.69, 9.17) is 0 Å². The molecule has 30 heavy (non-hydrogen) atoms. The van der Waals surface area contributed by atoms with Crippen LogP contribution in [0.15, 0.2) is 94.7 Å². The Bertz CT molecular complexity index is 920. The number of rotatable bonds is 7. The Balaban J connectivity index is 1.20. The Morgan fingerprint density at radius 1 is 0.700 bits per heavy atom. The van der Waals surface area contributed by atoms with E-state index in [0.29, 0.717) is 6.42 Å². The van der Waals surface area contributed by atoms with Gasteiger partial charge in [0, 0.05) is 48.9 Å². The van der Waals surface area contributed by atoms with Crippen LogP contribution in [0.25, 0.3) is 0 Å². The summed E-state index contributed by atoms with van der Waals surface area (Å²) in [5.41, 5.74) is 2.56. The molecule has 1 saturated heterocycles. The topological polar surface area (TPSA) is 23.6 Å². The van der Waals surface area contributed by atoms with Crippen LogP contribution in [0.5, 0.6) is 0 Å². The minimum absolute atomic E-state index is 0.275. The fourth-order valence-electron chi connectivity index (χ4n) is 3.76. The van der Waals surface area contributed by atoms with E-state index in [2.05, 4.69) is 83.8 Å². The van der Waals surface area contributed by atoms with E-state index in [1.807, 2.05) is 11.0 Å². The lowest BCUT2D eigenvalue weighted by Gasteiger charge is -2.34. The highest BCUT2D eigenvalue weighted by molar-refractivity contribution is 7.99. The van der Waals surface area contributed by atoms with Crippen molar-refractivity contribution >= 4 is 17.7 Å². The molecule has 3 aromatic carbocycles. The van der Waals surface area contributed by atoms with Gasteiger partial charge in [-0.2, -0.15) is 0 Å². The van der Waals surface area contributed by atoms with E-state index < -0.39 is 0 Å². The number of aryl methyl sites for hydroxylation is 1. The monoisotopic (exact) mass is 416 g/mol. The summed E-state index contributed by atoms with van der Waals surface area (Å²) in [6.07, 6.45) is 1.39. The van der Waals surface area contributed by atoms with Crippen molar-refractivity contribution in [3.8, 4) is 0 Å². The molecular weight excluding hydrogens is 388 g/mol. The summed E-state index contributed by atoms with van der Waals surface area (Å²) in [6, 6.07) is 29.6. The van der Waals surface area contributed by atoms with Gasteiger partial charge in [-0.25, -0.2) is 0 Å². The van der Waals surface area contributed by atoms with Crippen LogP contribution in [0.3, 0.4) is 0 Å². The van der Waals surface area contributed by atoms with E-state index >= 15 is 0 Å². The zero-order valence-electron chi connectivity index (χ0n) is 17.2. The third-order valence-corrected chi connectivity index (χ3v) is 6.52. The predicted molar refractivity (Wildman–Crippen MR) is 124 cm³/mol. The van der Waals surface area contributed by atoms with Gasteiger partial charge >= 0.3 is 0 Å². The molecule has 0 unspecified atom stereocenters. The first-order valence-electron chi connectivity index (χ1n) is 10.6. The molecule has 0 aromatic heterocycles. The zero-order chi connectivity index (χ0) is 20.6. The number of piperazine rings is 1. The molecular formula is C26H28N2OS. The van der Waals surface area contributed by atoms with Crippen LogP contribution < -0.4 is 0 Å². The van der Waals surface area contributed by atoms with Gasteiger partial charge in [-0.15, -0.1) is 0 Å². The molecule has 1 heterocycles. The fourth-order valence-corrected chi connectivity index (χ4v) is 4.59. The molecule has 3 nitrogen and oxygen atoms in total. The molecule has 1 amide bonds. The van der Waals surface area contributed by atoms with E-state index in [-0.39, 0.29) is 5.91 Å². The lowest BCUT2D eigenvalue weighted by atomic mass is 10.1. The molecule has 0 radical (unpaired) electrons. The van der Waals surface area contributed by atoms with E-state index in [1.165, 1.54) is 20.9 Å². The third kappa shape index (κ3) is 5.97. The first-order valence-corrected chi connectivity index (χ1v) is 11.4. The highest BCUT2D eigenvalue weighted by Crippen LogP contribution is 2.27. The number of hydrogen-bond acceptors (Lipinski definition) is 3. The molecule has 4 heteroatoms. The van der Waals surface area contributed by atoms with Crippen LogP contribution in [-0.4, -0.2) is 41.9 Å². The Kier molecular flexibility index (Phi) is 7.22. The SMILES string of the molecule is O=C(CCc1ccc(Sc2ccccc2)cc1)N1CCN(Cc2ccccc2)CC1. The Morgan fingerprint density at radius 2 is 1.30 bits per heavy atom. The summed E-state index contributed by atoms with van der Waals surface area (Å²) >= 11 is 1.76. The van der Waals surface area contributed by atoms with Crippen molar-refractivity contribution in [1.29, 1.82) is 0 Å². The predicted octanol–water partition coefficient (Wildman–Crippen LogP) is 5.11. The molecule has 0 aliphatic carbocycles. The van der Waals surface area contributed by atoms with Gasteiger partial charge in [-0.3, -0.25) is 9.69 Å². The van der Waals surface area contributed by atoms with Gasteiger partial charge in [-0.05, 0) is 41.8 Å². The molecule has 0 saturated carbocycles. The van der Waals surface area contributed by atoms with Gasteiger partial charge in [0.15, 0.2) is 0 Å². The minimum atomic E-state index is 0.275. The van der Waals surface area contributed by atoms with Gasteiger partial charge in [0.25, 0.3) is 0 Å². The largest absolute Gasteiger partial charge is 0.340 e. The molecule has 4 rings (SSSR count). The first kappa shape index (κ1) is 20.7. The highest BCUT2D eigenvalue weighted by atomic mass is 32.2. The minimum Gasteiger partial charge on any atom is -0.340 e. The Labute approximate surface area is 183 Å². The average molecular weight is 417 g/mol. The lowest BCUT2D eigenvalue weighted by molar-refractivity contribution is -0.133. The summed E-state index contributed by atoms with van der Waals surface area (Å²) in [6.45, 7) is 4.53. The van der Waals surface area contributed by atoms with Crippen molar-refractivity contribution in [2.24, 2.45) is 0 Å². The summed E-state index contributed by atoms with van der Waals surface area (Å²) in [5.74, 6) is 0.275. The van der Waals surface area contributed by atoms with Crippen molar-refractivity contribution in [3.63, 3.8) is 0 Å². The first-order chi connectivity index (χ1) is 14.8. The summed E-state index contributed by atoms with van der Waals surface area (Å²) in [5, 5.41) is 0. The number of nitrogens with zero attached hydrogens (tertiary/aromatic N) is 2.